The van der Waals surface area contributed by atoms with Crippen LogP contribution in [-0.2, 0) is 17.8 Å². The maximum absolute atomic E-state index is 5.54. The van der Waals surface area contributed by atoms with Crippen LogP contribution in [0.2, 0.25) is 0 Å². The Morgan fingerprint density at radius 2 is 2.05 bits per heavy atom. The maximum atomic E-state index is 5.54. The first kappa shape index (κ1) is 16.0. The molecule has 2 aromatic rings. The van der Waals surface area contributed by atoms with Crippen molar-refractivity contribution < 1.29 is 4.74 Å². The molecule has 0 aliphatic heterocycles. The number of para-hydroxylation sites is 2. The van der Waals surface area contributed by atoms with E-state index in [4.69, 9.17) is 9.72 Å². The van der Waals surface area contributed by atoms with Gasteiger partial charge in [0.2, 0.25) is 0 Å². The number of unbranched alkanes of at least 4 members (excludes halogenated alkanes) is 1. The standard InChI is InChI=1S/C17H27N3O/c1-4-20-16-10-6-5-9-15(16)19-17(20)13-18-11-7-8-12-21-14(2)3/h5-6,9-10,14,18H,4,7-8,11-13H2,1-3H3. The lowest BCUT2D eigenvalue weighted by Crippen LogP contribution is -2.18. The molecule has 21 heavy (non-hydrogen) atoms. The van der Waals surface area contributed by atoms with Crippen molar-refractivity contribution >= 4 is 11.0 Å². The molecule has 0 radical (unpaired) electrons. The zero-order valence-corrected chi connectivity index (χ0v) is 13.4. The van der Waals surface area contributed by atoms with Crippen LogP contribution in [0.1, 0.15) is 39.4 Å². The molecule has 2 rings (SSSR count). The predicted molar refractivity (Wildman–Crippen MR) is 87.4 cm³/mol. The van der Waals surface area contributed by atoms with Crippen molar-refractivity contribution in [3.05, 3.63) is 30.1 Å². The molecule has 0 fully saturated rings. The summed E-state index contributed by atoms with van der Waals surface area (Å²) in [6, 6.07) is 8.33. The van der Waals surface area contributed by atoms with Crippen LogP contribution >= 0.6 is 0 Å². The van der Waals surface area contributed by atoms with Crippen molar-refractivity contribution in [1.29, 1.82) is 0 Å². The minimum absolute atomic E-state index is 0.336. The Morgan fingerprint density at radius 1 is 1.24 bits per heavy atom. The molecule has 0 amide bonds. The third kappa shape index (κ3) is 4.55. The third-order valence-corrected chi connectivity index (χ3v) is 3.53. The fourth-order valence-corrected chi connectivity index (χ4v) is 2.48. The molecule has 0 spiro atoms. The summed E-state index contributed by atoms with van der Waals surface area (Å²) in [5.74, 6) is 1.12. The molecular weight excluding hydrogens is 262 g/mol. The quantitative estimate of drug-likeness (QED) is 0.720. The second kappa shape index (κ2) is 8.15. The van der Waals surface area contributed by atoms with E-state index in [1.165, 1.54) is 5.52 Å². The van der Waals surface area contributed by atoms with Crippen LogP contribution in [0.4, 0.5) is 0 Å². The number of ether oxygens (including phenoxy) is 1. The van der Waals surface area contributed by atoms with Crippen LogP contribution < -0.4 is 5.32 Å². The number of aryl methyl sites for hydroxylation is 1. The Labute approximate surface area is 127 Å². The summed E-state index contributed by atoms with van der Waals surface area (Å²) in [6.07, 6.45) is 2.58. The Kier molecular flexibility index (Phi) is 6.21. The first-order valence-corrected chi connectivity index (χ1v) is 7.98. The van der Waals surface area contributed by atoms with Crippen molar-refractivity contribution in [2.75, 3.05) is 13.2 Å². The van der Waals surface area contributed by atoms with Crippen LogP contribution in [0, 0.1) is 0 Å². The highest BCUT2D eigenvalue weighted by Crippen LogP contribution is 2.15. The van der Waals surface area contributed by atoms with E-state index in [0.717, 1.165) is 50.4 Å². The molecule has 0 saturated carbocycles. The zero-order valence-electron chi connectivity index (χ0n) is 13.4. The van der Waals surface area contributed by atoms with Gasteiger partial charge < -0.3 is 14.6 Å². The normalized spacial score (nSPS) is 11.6. The number of rotatable bonds is 9. The summed E-state index contributed by atoms with van der Waals surface area (Å²) < 4.78 is 7.82. The van der Waals surface area contributed by atoms with Gasteiger partial charge in [-0.3, -0.25) is 0 Å². The fourth-order valence-electron chi connectivity index (χ4n) is 2.48. The van der Waals surface area contributed by atoms with Gasteiger partial charge in [0, 0.05) is 13.2 Å². The van der Waals surface area contributed by atoms with Gasteiger partial charge in [-0.05, 0) is 52.3 Å². The molecular formula is C17H27N3O. The molecule has 1 heterocycles. The molecule has 0 aliphatic carbocycles. The van der Waals surface area contributed by atoms with Gasteiger partial charge in [-0.2, -0.15) is 0 Å². The van der Waals surface area contributed by atoms with Crippen LogP contribution in [0.15, 0.2) is 24.3 Å². The van der Waals surface area contributed by atoms with E-state index in [1.807, 2.05) is 6.07 Å². The number of fused-ring (bicyclic) bond motifs is 1. The summed E-state index contributed by atoms with van der Waals surface area (Å²) in [5.41, 5.74) is 2.31. The Hall–Kier alpha value is -1.39. The third-order valence-electron chi connectivity index (χ3n) is 3.53. The topological polar surface area (TPSA) is 39.1 Å². The van der Waals surface area contributed by atoms with E-state index >= 15 is 0 Å². The number of benzene rings is 1. The van der Waals surface area contributed by atoms with Gasteiger partial charge in [-0.25, -0.2) is 4.98 Å². The number of aromatic nitrogens is 2. The van der Waals surface area contributed by atoms with Gasteiger partial charge in [0.15, 0.2) is 0 Å². The smallest absolute Gasteiger partial charge is 0.123 e. The molecule has 116 valence electrons. The number of hydrogen-bond donors (Lipinski definition) is 1. The molecule has 0 unspecified atom stereocenters. The van der Waals surface area contributed by atoms with Crippen molar-refractivity contribution in [3.63, 3.8) is 0 Å². The average molecular weight is 289 g/mol. The molecule has 0 bridgehead atoms. The van der Waals surface area contributed by atoms with Crippen molar-refractivity contribution in [2.45, 2.75) is 52.8 Å². The lowest BCUT2D eigenvalue weighted by Gasteiger charge is -2.09. The second-order valence-electron chi connectivity index (χ2n) is 5.56. The van der Waals surface area contributed by atoms with Gasteiger partial charge >= 0.3 is 0 Å². The SMILES string of the molecule is CCn1c(CNCCCCOC(C)C)nc2ccccc21. The Morgan fingerprint density at radius 3 is 2.81 bits per heavy atom. The zero-order chi connectivity index (χ0) is 15.1. The largest absolute Gasteiger partial charge is 0.379 e. The van der Waals surface area contributed by atoms with Crippen LogP contribution in [0.5, 0.6) is 0 Å². The minimum atomic E-state index is 0.336. The molecule has 0 saturated heterocycles. The molecule has 4 nitrogen and oxygen atoms in total. The van der Waals surface area contributed by atoms with Crippen molar-refractivity contribution in [3.8, 4) is 0 Å². The molecule has 0 aliphatic rings. The Balaban J connectivity index is 1.78. The molecule has 4 heteroatoms. The highest BCUT2D eigenvalue weighted by atomic mass is 16.5. The van der Waals surface area contributed by atoms with Gasteiger partial charge in [0.25, 0.3) is 0 Å². The van der Waals surface area contributed by atoms with E-state index in [0.29, 0.717) is 6.10 Å². The predicted octanol–water partition coefficient (Wildman–Crippen LogP) is 3.35. The van der Waals surface area contributed by atoms with Gasteiger partial charge in [-0.1, -0.05) is 12.1 Å². The van der Waals surface area contributed by atoms with Crippen LogP contribution in [0.3, 0.4) is 0 Å². The molecule has 1 aromatic carbocycles. The number of nitrogens with one attached hydrogen (secondary N) is 1. The van der Waals surface area contributed by atoms with Crippen LogP contribution in [-0.4, -0.2) is 28.8 Å². The molecule has 1 aromatic heterocycles. The fraction of sp³-hybridized carbons (Fsp3) is 0.588. The second-order valence-corrected chi connectivity index (χ2v) is 5.56. The summed E-state index contributed by atoms with van der Waals surface area (Å²) in [5, 5.41) is 3.49. The van der Waals surface area contributed by atoms with E-state index in [1.54, 1.807) is 0 Å². The summed E-state index contributed by atoms with van der Waals surface area (Å²) >= 11 is 0. The van der Waals surface area contributed by atoms with Gasteiger partial charge in [0.05, 0.1) is 23.7 Å². The minimum Gasteiger partial charge on any atom is -0.379 e. The number of hydrogen-bond acceptors (Lipinski definition) is 3. The van der Waals surface area contributed by atoms with Crippen molar-refractivity contribution in [2.24, 2.45) is 0 Å². The van der Waals surface area contributed by atoms with Gasteiger partial charge in [-0.15, -0.1) is 0 Å². The highest BCUT2D eigenvalue weighted by molar-refractivity contribution is 5.75. The summed E-state index contributed by atoms with van der Waals surface area (Å²) in [4.78, 5) is 4.72. The van der Waals surface area contributed by atoms with E-state index in [9.17, 15) is 0 Å². The lowest BCUT2D eigenvalue weighted by molar-refractivity contribution is 0.0760. The van der Waals surface area contributed by atoms with Crippen LogP contribution in [0.25, 0.3) is 11.0 Å². The number of imidazole rings is 1. The van der Waals surface area contributed by atoms with E-state index in [2.05, 4.69) is 48.9 Å². The molecule has 1 N–H and O–H groups in total. The summed E-state index contributed by atoms with van der Waals surface area (Å²) in [6.45, 7) is 9.97. The first-order chi connectivity index (χ1) is 10.2. The van der Waals surface area contributed by atoms with Crippen molar-refractivity contribution in [1.82, 2.24) is 14.9 Å². The lowest BCUT2D eigenvalue weighted by atomic mass is 10.3. The molecule has 0 atom stereocenters. The monoisotopic (exact) mass is 289 g/mol. The summed E-state index contributed by atoms with van der Waals surface area (Å²) in [7, 11) is 0. The first-order valence-electron chi connectivity index (χ1n) is 7.98. The highest BCUT2D eigenvalue weighted by Gasteiger charge is 2.07. The maximum Gasteiger partial charge on any atom is 0.123 e. The number of nitrogens with zero attached hydrogens (tertiary/aromatic N) is 2. The van der Waals surface area contributed by atoms with Gasteiger partial charge in [0.1, 0.15) is 5.82 Å². The van der Waals surface area contributed by atoms with E-state index in [-0.39, 0.29) is 0 Å². The Bertz CT molecular complexity index is 548. The average Bonchev–Trinajstić information content (AvgIpc) is 2.83. The van der Waals surface area contributed by atoms with E-state index < -0.39 is 0 Å².